The molecular formula is C16H23NO2. The monoisotopic (exact) mass is 261 g/mol. The number of fused-ring (bicyclic) bond motifs is 2. The molecule has 0 bridgehead atoms. The zero-order valence-electron chi connectivity index (χ0n) is 11.9. The van der Waals surface area contributed by atoms with E-state index in [2.05, 4.69) is 31.3 Å². The summed E-state index contributed by atoms with van der Waals surface area (Å²) < 4.78 is 11.0. The van der Waals surface area contributed by atoms with Crippen molar-refractivity contribution in [2.75, 3.05) is 13.3 Å². The lowest BCUT2D eigenvalue weighted by Crippen LogP contribution is -2.31. The first-order chi connectivity index (χ1) is 9.31. The van der Waals surface area contributed by atoms with Gasteiger partial charge < -0.3 is 14.8 Å². The second-order valence-corrected chi connectivity index (χ2v) is 5.58. The molecule has 0 radical (unpaired) electrons. The Morgan fingerprint density at radius 1 is 1.21 bits per heavy atom. The first kappa shape index (κ1) is 12.8. The summed E-state index contributed by atoms with van der Waals surface area (Å²) in [4.78, 5) is 0. The van der Waals surface area contributed by atoms with Gasteiger partial charge in [-0.25, -0.2) is 0 Å². The Balaban J connectivity index is 1.87. The molecule has 3 heteroatoms. The van der Waals surface area contributed by atoms with Crippen LogP contribution in [0.1, 0.15) is 50.3 Å². The second kappa shape index (κ2) is 5.41. The van der Waals surface area contributed by atoms with Crippen LogP contribution < -0.4 is 14.8 Å². The minimum Gasteiger partial charge on any atom is -0.454 e. The molecule has 0 fully saturated rings. The highest BCUT2D eigenvalue weighted by Crippen LogP contribution is 2.40. The van der Waals surface area contributed by atoms with Crippen LogP contribution >= 0.6 is 0 Å². The number of benzene rings is 1. The van der Waals surface area contributed by atoms with E-state index in [4.69, 9.17) is 9.47 Å². The molecule has 3 rings (SSSR count). The van der Waals surface area contributed by atoms with Gasteiger partial charge in [-0.1, -0.05) is 26.7 Å². The predicted octanol–water partition coefficient (Wildman–Crippen LogP) is 3.43. The zero-order valence-corrected chi connectivity index (χ0v) is 11.9. The quantitative estimate of drug-likeness (QED) is 0.900. The first-order valence-electron chi connectivity index (χ1n) is 7.47. The number of ether oxygens (including phenoxy) is 2. The average molecular weight is 261 g/mol. The summed E-state index contributed by atoms with van der Waals surface area (Å²) in [7, 11) is 0. The van der Waals surface area contributed by atoms with Gasteiger partial charge in [0.2, 0.25) is 6.79 Å². The Hall–Kier alpha value is -1.22. The predicted molar refractivity (Wildman–Crippen MR) is 75.7 cm³/mol. The van der Waals surface area contributed by atoms with E-state index in [0.29, 0.717) is 12.8 Å². The van der Waals surface area contributed by atoms with Crippen molar-refractivity contribution in [1.82, 2.24) is 5.32 Å². The summed E-state index contributed by atoms with van der Waals surface area (Å²) in [5, 5.41) is 3.67. The highest BCUT2D eigenvalue weighted by molar-refractivity contribution is 5.50. The minimum absolute atomic E-state index is 0.364. The lowest BCUT2D eigenvalue weighted by molar-refractivity contribution is 0.174. The van der Waals surface area contributed by atoms with Crippen molar-refractivity contribution in [3.63, 3.8) is 0 Å². The van der Waals surface area contributed by atoms with Gasteiger partial charge in [-0.3, -0.25) is 0 Å². The fraction of sp³-hybridized carbons (Fsp3) is 0.625. The maximum atomic E-state index is 5.52. The van der Waals surface area contributed by atoms with E-state index in [1.165, 1.54) is 30.4 Å². The number of hydrogen-bond acceptors (Lipinski definition) is 3. The van der Waals surface area contributed by atoms with Gasteiger partial charge in [0, 0.05) is 6.04 Å². The van der Waals surface area contributed by atoms with Gasteiger partial charge in [0.15, 0.2) is 11.5 Å². The Morgan fingerprint density at radius 3 is 2.68 bits per heavy atom. The van der Waals surface area contributed by atoms with Crippen LogP contribution in [-0.2, 0) is 6.42 Å². The van der Waals surface area contributed by atoms with Gasteiger partial charge in [-0.05, 0) is 48.6 Å². The van der Waals surface area contributed by atoms with E-state index < -0.39 is 0 Å². The summed E-state index contributed by atoms with van der Waals surface area (Å²) in [5.41, 5.74) is 2.85. The van der Waals surface area contributed by atoms with Crippen LogP contribution in [-0.4, -0.2) is 13.3 Å². The summed E-state index contributed by atoms with van der Waals surface area (Å²) in [6.07, 6.45) is 4.83. The summed E-state index contributed by atoms with van der Waals surface area (Å²) in [6.45, 7) is 6.01. The minimum atomic E-state index is 0.364. The van der Waals surface area contributed by atoms with Gasteiger partial charge in [-0.2, -0.15) is 0 Å². The zero-order chi connectivity index (χ0) is 13.2. The van der Waals surface area contributed by atoms with Crippen LogP contribution in [0.5, 0.6) is 11.5 Å². The summed E-state index contributed by atoms with van der Waals surface area (Å²) >= 11 is 0. The molecule has 0 spiro atoms. The molecule has 2 aliphatic rings. The molecule has 1 atom stereocenters. The third kappa shape index (κ3) is 2.44. The number of nitrogens with one attached hydrogen (secondary N) is 1. The Bertz CT molecular complexity index is 454. The molecular weight excluding hydrogens is 238 g/mol. The lowest BCUT2D eigenvalue weighted by atomic mass is 9.86. The first-order valence-corrected chi connectivity index (χ1v) is 7.47. The van der Waals surface area contributed by atoms with E-state index in [-0.39, 0.29) is 0 Å². The maximum Gasteiger partial charge on any atom is 0.231 e. The van der Waals surface area contributed by atoms with Gasteiger partial charge in [-0.15, -0.1) is 0 Å². The largest absolute Gasteiger partial charge is 0.454 e. The highest BCUT2D eigenvalue weighted by Gasteiger charge is 2.26. The number of hydrogen-bond donors (Lipinski definition) is 1. The van der Waals surface area contributed by atoms with Gasteiger partial charge >= 0.3 is 0 Å². The molecule has 1 aromatic carbocycles. The molecule has 1 N–H and O–H groups in total. The second-order valence-electron chi connectivity index (χ2n) is 5.58. The standard InChI is InChI=1S/C16H23NO2/c1-3-11(4-2)7-14-13-9-16-15(18-10-19-16)8-12(13)5-6-17-14/h8-9,11,14,17H,3-7,10H2,1-2H3. The van der Waals surface area contributed by atoms with Crippen molar-refractivity contribution in [3.8, 4) is 11.5 Å². The Kier molecular flexibility index (Phi) is 3.65. The molecule has 19 heavy (non-hydrogen) atoms. The van der Waals surface area contributed by atoms with Crippen LogP contribution in [0.25, 0.3) is 0 Å². The fourth-order valence-electron chi connectivity index (χ4n) is 3.20. The molecule has 104 valence electrons. The highest BCUT2D eigenvalue weighted by atomic mass is 16.7. The fourth-order valence-corrected chi connectivity index (χ4v) is 3.20. The van der Waals surface area contributed by atoms with Gasteiger partial charge in [0.1, 0.15) is 0 Å². The molecule has 0 saturated carbocycles. The third-order valence-corrected chi connectivity index (χ3v) is 4.52. The van der Waals surface area contributed by atoms with Crippen LogP contribution in [0.2, 0.25) is 0 Å². The topological polar surface area (TPSA) is 30.5 Å². The molecule has 3 nitrogen and oxygen atoms in total. The van der Waals surface area contributed by atoms with Crippen molar-refractivity contribution >= 4 is 0 Å². The number of rotatable bonds is 4. The van der Waals surface area contributed by atoms with Crippen molar-refractivity contribution < 1.29 is 9.47 Å². The van der Waals surface area contributed by atoms with Crippen LogP contribution in [0.15, 0.2) is 12.1 Å². The van der Waals surface area contributed by atoms with Crippen molar-refractivity contribution in [1.29, 1.82) is 0 Å². The van der Waals surface area contributed by atoms with Crippen LogP contribution in [0, 0.1) is 5.92 Å². The van der Waals surface area contributed by atoms with Crippen LogP contribution in [0.3, 0.4) is 0 Å². The van der Waals surface area contributed by atoms with Gasteiger partial charge in [0.05, 0.1) is 0 Å². The normalized spacial score (nSPS) is 20.7. The SMILES string of the molecule is CCC(CC)CC1NCCc2cc3c(cc21)OCO3. The van der Waals surface area contributed by atoms with E-state index in [1.54, 1.807) is 0 Å². The Morgan fingerprint density at radius 2 is 1.95 bits per heavy atom. The van der Waals surface area contributed by atoms with E-state index in [9.17, 15) is 0 Å². The molecule has 2 heterocycles. The molecule has 2 aliphatic heterocycles. The van der Waals surface area contributed by atoms with Crippen LogP contribution in [0.4, 0.5) is 0 Å². The van der Waals surface area contributed by atoms with E-state index >= 15 is 0 Å². The van der Waals surface area contributed by atoms with Crippen molar-refractivity contribution in [2.24, 2.45) is 5.92 Å². The van der Waals surface area contributed by atoms with E-state index in [0.717, 1.165) is 30.4 Å². The maximum absolute atomic E-state index is 5.52. The van der Waals surface area contributed by atoms with Gasteiger partial charge in [0.25, 0.3) is 0 Å². The van der Waals surface area contributed by atoms with E-state index in [1.807, 2.05) is 0 Å². The molecule has 0 amide bonds. The smallest absolute Gasteiger partial charge is 0.231 e. The molecule has 0 saturated heterocycles. The lowest BCUT2D eigenvalue weighted by Gasteiger charge is -2.29. The Labute approximate surface area is 115 Å². The summed E-state index contributed by atoms with van der Waals surface area (Å²) in [5.74, 6) is 2.63. The average Bonchev–Trinajstić information content (AvgIpc) is 2.89. The third-order valence-electron chi connectivity index (χ3n) is 4.52. The molecule has 1 aromatic rings. The molecule has 0 aromatic heterocycles. The molecule has 0 aliphatic carbocycles. The molecule has 1 unspecified atom stereocenters. The van der Waals surface area contributed by atoms with Crippen molar-refractivity contribution in [3.05, 3.63) is 23.3 Å². The van der Waals surface area contributed by atoms with Crippen molar-refractivity contribution in [2.45, 2.75) is 45.6 Å². The summed E-state index contributed by atoms with van der Waals surface area (Å²) in [6, 6.07) is 4.85.